The minimum Gasteiger partial charge on any atom is -0.439 e. The second-order valence-corrected chi connectivity index (χ2v) is 10.8. The summed E-state index contributed by atoms with van der Waals surface area (Å²) in [7, 11) is 2.17. The molecule has 2 aromatic rings. The van der Waals surface area contributed by atoms with Crippen molar-refractivity contribution in [3.05, 3.63) is 35.9 Å². The zero-order valence-electron chi connectivity index (χ0n) is 21.8. The molecule has 4 heterocycles. The second-order valence-electron chi connectivity index (χ2n) is 10.8. The lowest BCUT2D eigenvalue weighted by Crippen LogP contribution is -2.39. The van der Waals surface area contributed by atoms with Crippen LogP contribution in [0.25, 0.3) is 0 Å². The van der Waals surface area contributed by atoms with Gasteiger partial charge in [-0.1, -0.05) is 0 Å². The highest BCUT2D eigenvalue weighted by Gasteiger charge is 2.29. The van der Waals surface area contributed by atoms with Gasteiger partial charge in [-0.15, -0.1) is 0 Å². The standard InChI is InChI=1S/C26H38N8O2/c1-18-22(17-34(31-18)20-8-13-32(4)14-9-20)29-24-28-16-21(19-6-7-19)23(30-24)27-11-5-12-33-15-10-26(2,3)36-25(33)35/h10,15-17,19-20H,5-9,11-14H2,1-4H3,(H2,27,28,29,30). The number of amides is 1. The minimum absolute atomic E-state index is 0.300. The molecule has 194 valence electrons. The van der Waals surface area contributed by atoms with Gasteiger partial charge >= 0.3 is 6.09 Å². The molecule has 3 aliphatic rings. The van der Waals surface area contributed by atoms with E-state index in [4.69, 9.17) is 14.8 Å². The number of nitrogens with zero attached hydrogens (tertiary/aromatic N) is 6. The number of anilines is 3. The van der Waals surface area contributed by atoms with Crippen molar-refractivity contribution in [2.24, 2.45) is 0 Å². The monoisotopic (exact) mass is 494 g/mol. The number of hydrogen-bond acceptors (Lipinski definition) is 8. The highest BCUT2D eigenvalue weighted by Crippen LogP contribution is 2.43. The molecule has 1 amide bonds. The topological polar surface area (TPSA) is 100 Å². The quantitative estimate of drug-likeness (QED) is 0.494. The molecule has 2 fully saturated rings. The van der Waals surface area contributed by atoms with Crippen molar-refractivity contribution in [3.8, 4) is 0 Å². The van der Waals surface area contributed by atoms with Crippen LogP contribution in [0.5, 0.6) is 0 Å². The SMILES string of the molecule is Cc1nn(C2CCN(C)CC2)cc1Nc1ncc(C2CC2)c(NCCCN2C=CC(C)(C)OC2=O)n1. The van der Waals surface area contributed by atoms with Gasteiger partial charge in [0.15, 0.2) is 0 Å². The van der Waals surface area contributed by atoms with E-state index in [1.807, 2.05) is 39.2 Å². The number of likely N-dealkylation sites (tertiary alicyclic amines) is 1. The Bertz CT molecular complexity index is 1120. The third-order valence-corrected chi connectivity index (χ3v) is 7.17. The number of cyclic esters (lactones) is 1. The minimum atomic E-state index is -0.544. The van der Waals surface area contributed by atoms with Crippen LogP contribution in [0.4, 0.5) is 22.2 Å². The molecule has 1 saturated heterocycles. The molecular weight excluding hydrogens is 456 g/mol. The number of carbonyl (C=O) groups excluding carboxylic acids is 1. The maximum Gasteiger partial charge on any atom is 0.414 e. The van der Waals surface area contributed by atoms with Crippen LogP contribution in [0, 0.1) is 6.92 Å². The summed E-state index contributed by atoms with van der Waals surface area (Å²) in [6.45, 7) is 9.25. The van der Waals surface area contributed by atoms with Crippen LogP contribution < -0.4 is 10.6 Å². The maximum atomic E-state index is 12.2. The summed E-state index contributed by atoms with van der Waals surface area (Å²) in [6, 6.07) is 0.434. The first kappa shape index (κ1) is 24.5. The van der Waals surface area contributed by atoms with Gasteiger partial charge in [-0.2, -0.15) is 10.1 Å². The fourth-order valence-electron chi connectivity index (χ4n) is 4.73. The molecule has 1 saturated carbocycles. The molecule has 2 aliphatic heterocycles. The van der Waals surface area contributed by atoms with Gasteiger partial charge in [-0.3, -0.25) is 9.58 Å². The molecule has 0 bridgehead atoms. The van der Waals surface area contributed by atoms with Gasteiger partial charge in [0.2, 0.25) is 5.95 Å². The zero-order valence-corrected chi connectivity index (χ0v) is 21.8. The van der Waals surface area contributed by atoms with Crippen LogP contribution in [0.1, 0.15) is 69.2 Å². The van der Waals surface area contributed by atoms with Gasteiger partial charge in [0, 0.05) is 37.2 Å². The van der Waals surface area contributed by atoms with Crippen molar-refractivity contribution in [1.29, 1.82) is 0 Å². The van der Waals surface area contributed by atoms with Crippen molar-refractivity contribution in [3.63, 3.8) is 0 Å². The molecule has 1 aliphatic carbocycles. The predicted molar refractivity (Wildman–Crippen MR) is 140 cm³/mol. The van der Waals surface area contributed by atoms with Gasteiger partial charge in [0.05, 0.1) is 17.4 Å². The highest BCUT2D eigenvalue weighted by atomic mass is 16.6. The van der Waals surface area contributed by atoms with Crippen molar-refractivity contribution in [2.45, 2.75) is 70.4 Å². The third-order valence-electron chi connectivity index (χ3n) is 7.17. The molecule has 0 atom stereocenters. The summed E-state index contributed by atoms with van der Waals surface area (Å²) in [5.41, 5.74) is 2.51. The van der Waals surface area contributed by atoms with Crippen LogP contribution >= 0.6 is 0 Å². The number of piperidine rings is 1. The molecule has 10 nitrogen and oxygen atoms in total. The highest BCUT2D eigenvalue weighted by molar-refractivity contribution is 5.70. The molecule has 0 aromatic carbocycles. The Hall–Kier alpha value is -3.14. The molecular formula is C26H38N8O2. The second kappa shape index (κ2) is 10.1. The summed E-state index contributed by atoms with van der Waals surface area (Å²) >= 11 is 0. The summed E-state index contributed by atoms with van der Waals surface area (Å²) in [5, 5.41) is 11.6. The lowest BCUT2D eigenvalue weighted by atomic mass is 10.1. The number of ether oxygens (including phenoxy) is 1. The average molecular weight is 495 g/mol. The first-order valence-electron chi connectivity index (χ1n) is 13.1. The van der Waals surface area contributed by atoms with E-state index in [9.17, 15) is 4.79 Å². The first-order chi connectivity index (χ1) is 17.3. The number of aryl methyl sites for hydroxylation is 1. The molecule has 2 aromatic heterocycles. The van der Waals surface area contributed by atoms with E-state index < -0.39 is 5.60 Å². The Kier molecular flexibility index (Phi) is 6.87. The van der Waals surface area contributed by atoms with Crippen LogP contribution in [-0.2, 0) is 4.74 Å². The van der Waals surface area contributed by atoms with Gasteiger partial charge in [0.25, 0.3) is 0 Å². The average Bonchev–Trinajstić information content (AvgIpc) is 3.61. The molecule has 10 heteroatoms. The molecule has 0 radical (unpaired) electrons. The Labute approximate surface area is 213 Å². The van der Waals surface area contributed by atoms with E-state index >= 15 is 0 Å². The molecule has 2 N–H and O–H groups in total. The van der Waals surface area contributed by atoms with Gasteiger partial charge in [-0.25, -0.2) is 9.78 Å². The van der Waals surface area contributed by atoms with Crippen molar-refractivity contribution in [1.82, 2.24) is 29.5 Å². The first-order valence-corrected chi connectivity index (χ1v) is 13.1. The van der Waals surface area contributed by atoms with Gasteiger partial charge < -0.3 is 20.3 Å². The smallest absolute Gasteiger partial charge is 0.414 e. The van der Waals surface area contributed by atoms with E-state index in [-0.39, 0.29) is 6.09 Å². The lowest BCUT2D eigenvalue weighted by molar-refractivity contribution is 0.0390. The number of hydrogen-bond donors (Lipinski definition) is 2. The number of carbonyl (C=O) groups is 1. The fraction of sp³-hybridized carbons (Fsp3) is 0.615. The van der Waals surface area contributed by atoms with Crippen LogP contribution in [-0.4, -0.2) is 74.5 Å². The van der Waals surface area contributed by atoms with E-state index in [2.05, 4.69) is 38.4 Å². The van der Waals surface area contributed by atoms with Crippen molar-refractivity contribution < 1.29 is 9.53 Å². The van der Waals surface area contributed by atoms with Gasteiger partial charge in [0.1, 0.15) is 11.4 Å². The number of aromatic nitrogens is 4. The van der Waals surface area contributed by atoms with Crippen LogP contribution in [0.3, 0.4) is 0 Å². The fourth-order valence-corrected chi connectivity index (χ4v) is 4.73. The van der Waals surface area contributed by atoms with Crippen LogP contribution in [0.15, 0.2) is 24.7 Å². The molecule has 5 rings (SSSR count). The van der Waals surface area contributed by atoms with Crippen LogP contribution in [0.2, 0.25) is 0 Å². The van der Waals surface area contributed by atoms with E-state index in [1.54, 1.807) is 4.90 Å². The summed E-state index contributed by atoms with van der Waals surface area (Å²) < 4.78 is 7.53. The Morgan fingerprint density at radius 2 is 1.97 bits per heavy atom. The van der Waals surface area contributed by atoms with Crippen molar-refractivity contribution in [2.75, 3.05) is 43.9 Å². The van der Waals surface area contributed by atoms with E-state index in [1.165, 1.54) is 18.4 Å². The summed E-state index contributed by atoms with van der Waals surface area (Å²) in [4.78, 5) is 25.6. The lowest BCUT2D eigenvalue weighted by Gasteiger charge is -2.31. The summed E-state index contributed by atoms with van der Waals surface area (Å²) in [5.74, 6) is 1.96. The number of rotatable bonds is 9. The maximum absolute atomic E-state index is 12.2. The Morgan fingerprint density at radius 3 is 2.69 bits per heavy atom. The summed E-state index contributed by atoms with van der Waals surface area (Å²) in [6.07, 6.45) is 12.8. The third kappa shape index (κ3) is 5.80. The molecule has 0 unspecified atom stereocenters. The largest absolute Gasteiger partial charge is 0.439 e. The van der Waals surface area contributed by atoms with E-state index in [0.717, 1.165) is 49.6 Å². The van der Waals surface area contributed by atoms with Crippen molar-refractivity contribution >= 4 is 23.5 Å². The molecule has 0 spiro atoms. The Morgan fingerprint density at radius 1 is 1.19 bits per heavy atom. The van der Waals surface area contributed by atoms with Gasteiger partial charge in [-0.05, 0) is 85.0 Å². The zero-order chi connectivity index (χ0) is 25.3. The Balaban J connectivity index is 1.21. The number of nitrogens with one attached hydrogen (secondary N) is 2. The normalized spacial score (nSPS) is 20.4. The predicted octanol–water partition coefficient (Wildman–Crippen LogP) is 4.42. The molecule has 36 heavy (non-hydrogen) atoms. The van der Waals surface area contributed by atoms with E-state index in [0.29, 0.717) is 31.0 Å².